The van der Waals surface area contributed by atoms with Gasteiger partial charge in [0.05, 0.1) is 5.02 Å². The van der Waals surface area contributed by atoms with Crippen LogP contribution in [-0.4, -0.2) is 30.6 Å². The summed E-state index contributed by atoms with van der Waals surface area (Å²) in [6.45, 7) is 0. The van der Waals surface area contributed by atoms with Crippen molar-refractivity contribution in [1.29, 1.82) is 0 Å². The Balaban J connectivity index is 1.71. The number of aromatic nitrogens is 3. The van der Waals surface area contributed by atoms with E-state index in [0.29, 0.717) is 28.6 Å². The first-order valence-electron chi connectivity index (χ1n) is 7.83. The molecule has 9 heteroatoms. The third-order valence-electron chi connectivity index (χ3n) is 4.55. The average molecular weight is 449 g/mol. The molecule has 0 bridgehead atoms. The van der Waals surface area contributed by atoms with Crippen molar-refractivity contribution in [2.45, 2.75) is 54.3 Å². The lowest BCUT2D eigenvalue weighted by Crippen LogP contribution is -2.31. The Hall–Kier alpha value is -0.570. The molecule has 2 fully saturated rings. The molecule has 2 heterocycles. The number of carboxylic acid groups (broad SMARTS) is 1. The molecule has 2 aliphatic rings. The molecule has 2 aromatic heterocycles. The molecule has 0 aromatic carbocycles. The van der Waals surface area contributed by atoms with Crippen molar-refractivity contribution in [1.82, 2.24) is 14.8 Å². The van der Waals surface area contributed by atoms with E-state index in [1.165, 1.54) is 29.5 Å². The van der Waals surface area contributed by atoms with Gasteiger partial charge in [-0.3, -0.25) is 9.36 Å². The SMILES string of the molecule is O=C(O)C1(Sc2nnc(Br)n2-c2cc(Cl)c(C3CC3)s2)CCCC1. The number of nitrogens with zero attached hydrogens (tertiary/aromatic N) is 3. The summed E-state index contributed by atoms with van der Waals surface area (Å²) < 4.78 is 1.64. The maximum Gasteiger partial charge on any atom is 0.320 e. The van der Waals surface area contributed by atoms with E-state index in [1.54, 1.807) is 11.3 Å². The van der Waals surface area contributed by atoms with Crippen LogP contribution in [0.5, 0.6) is 0 Å². The summed E-state index contributed by atoms with van der Waals surface area (Å²) in [6, 6.07) is 1.93. The minimum absolute atomic E-state index is 0.572. The van der Waals surface area contributed by atoms with Gasteiger partial charge in [0.1, 0.15) is 9.75 Å². The number of hydrogen-bond donors (Lipinski definition) is 1. The third kappa shape index (κ3) is 2.91. The highest BCUT2D eigenvalue weighted by atomic mass is 79.9. The number of carbonyl (C=O) groups is 1. The summed E-state index contributed by atoms with van der Waals surface area (Å²) in [5.41, 5.74) is 0. The molecule has 4 rings (SSSR count). The highest BCUT2D eigenvalue weighted by Crippen LogP contribution is 2.50. The fraction of sp³-hybridized carbons (Fsp3) is 0.533. The third-order valence-corrected chi connectivity index (χ3v) is 8.19. The zero-order valence-corrected chi connectivity index (χ0v) is 16.6. The zero-order chi connectivity index (χ0) is 16.9. The second-order valence-corrected chi connectivity index (χ2v) is 9.80. The molecular weight excluding hydrogens is 434 g/mol. The van der Waals surface area contributed by atoms with Crippen molar-refractivity contribution < 1.29 is 9.90 Å². The van der Waals surface area contributed by atoms with Crippen LogP contribution in [0.2, 0.25) is 5.02 Å². The Labute approximate surface area is 160 Å². The Bertz CT molecular complexity index is 797. The van der Waals surface area contributed by atoms with Gasteiger partial charge in [-0.15, -0.1) is 21.5 Å². The molecule has 2 aromatic rings. The predicted octanol–water partition coefficient (Wildman–Crippen LogP) is 5.11. The van der Waals surface area contributed by atoms with Gasteiger partial charge in [0.25, 0.3) is 0 Å². The molecule has 0 atom stereocenters. The van der Waals surface area contributed by atoms with Gasteiger partial charge in [0.2, 0.25) is 4.73 Å². The number of carboxylic acids is 1. The van der Waals surface area contributed by atoms with Crippen LogP contribution >= 0.6 is 50.6 Å². The predicted molar refractivity (Wildman–Crippen MR) is 98.6 cm³/mol. The molecule has 0 spiro atoms. The Kier molecular flexibility index (Phi) is 4.43. The van der Waals surface area contributed by atoms with Gasteiger partial charge in [0.15, 0.2) is 5.16 Å². The van der Waals surface area contributed by atoms with Gasteiger partial charge >= 0.3 is 5.97 Å². The number of hydrogen-bond acceptors (Lipinski definition) is 5. The largest absolute Gasteiger partial charge is 0.480 e. The molecule has 0 amide bonds. The van der Waals surface area contributed by atoms with Gasteiger partial charge in [-0.05, 0) is 53.6 Å². The Morgan fingerprint density at radius 3 is 2.75 bits per heavy atom. The molecule has 1 N–H and O–H groups in total. The maximum atomic E-state index is 11.8. The van der Waals surface area contributed by atoms with Gasteiger partial charge in [0, 0.05) is 4.88 Å². The van der Waals surface area contributed by atoms with Crippen LogP contribution in [0.3, 0.4) is 0 Å². The lowest BCUT2D eigenvalue weighted by Gasteiger charge is -2.22. The van der Waals surface area contributed by atoms with Crippen LogP contribution in [0.4, 0.5) is 0 Å². The topological polar surface area (TPSA) is 68.0 Å². The van der Waals surface area contributed by atoms with Crippen LogP contribution in [0.1, 0.15) is 49.3 Å². The molecule has 2 saturated carbocycles. The summed E-state index contributed by atoms with van der Waals surface area (Å²) in [6.07, 6.45) is 5.57. The van der Waals surface area contributed by atoms with E-state index < -0.39 is 10.7 Å². The van der Waals surface area contributed by atoms with Crippen molar-refractivity contribution in [2.75, 3.05) is 0 Å². The zero-order valence-electron chi connectivity index (χ0n) is 12.7. The summed E-state index contributed by atoms with van der Waals surface area (Å²) in [5, 5.41) is 20.3. The second-order valence-electron chi connectivity index (χ2n) is 6.27. The quantitative estimate of drug-likeness (QED) is 0.688. The smallest absolute Gasteiger partial charge is 0.320 e. The normalized spacial score (nSPS) is 19.8. The number of rotatable bonds is 5. The van der Waals surface area contributed by atoms with E-state index in [-0.39, 0.29) is 0 Å². The molecule has 0 aliphatic heterocycles. The molecule has 0 saturated heterocycles. The molecule has 2 aliphatic carbocycles. The van der Waals surface area contributed by atoms with Crippen LogP contribution in [0.15, 0.2) is 16.0 Å². The molecule has 0 unspecified atom stereocenters. The van der Waals surface area contributed by atoms with E-state index in [9.17, 15) is 9.90 Å². The van der Waals surface area contributed by atoms with Gasteiger partial charge < -0.3 is 5.11 Å². The van der Waals surface area contributed by atoms with Crippen molar-refractivity contribution >= 4 is 56.6 Å². The molecular formula is C15H15BrClN3O2S2. The Morgan fingerprint density at radius 1 is 1.42 bits per heavy atom. The number of halogens is 2. The van der Waals surface area contributed by atoms with Crippen molar-refractivity contribution in [3.8, 4) is 5.00 Å². The number of aliphatic carboxylic acids is 1. The van der Waals surface area contributed by atoms with Crippen LogP contribution in [-0.2, 0) is 4.79 Å². The van der Waals surface area contributed by atoms with Crippen LogP contribution in [0.25, 0.3) is 5.00 Å². The molecule has 128 valence electrons. The van der Waals surface area contributed by atoms with E-state index in [0.717, 1.165) is 22.9 Å². The maximum absolute atomic E-state index is 11.8. The first-order valence-corrected chi connectivity index (χ1v) is 10.6. The second kappa shape index (κ2) is 6.30. The lowest BCUT2D eigenvalue weighted by atomic mass is 10.1. The molecule has 24 heavy (non-hydrogen) atoms. The van der Waals surface area contributed by atoms with Crippen molar-refractivity contribution in [2.24, 2.45) is 0 Å². The standard InChI is InChI=1S/C15H15BrClN3O2S2/c16-13-18-19-14(24-15(12(21)22)5-1-2-6-15)20(13)10-7-9(17)11(23-10)8-3-4-8/h7-8H,1-6H2,(H,21,22). The van der Waals surface area contributed by atoms with Gasteiger partial charge in [-0.1, -0.05) is 36.2 Å². The fourth-order valence-electron chi connectivity index (χ4n) is 3.09. The highest BCUT2D eigenvalue weighted by molar-refractivity contribution is 9.10. The van der Waals surface area contributed by atoms with Crippen molar-refractivity contribution in [3.05, 3.63) is 20.7 Å². The molecule has 5 nitrogen and oxygen atoms in total. The van der Waals surface area contributed by atoms with E-state index in [1.807, 2.05) is 10.6 Å². The monoisotopic (exact) mass is 447 g/mol. The lowest BCUT2D eigenvalue weighted by molar-refractivity contribution is -0.139. The fourth-order valence-corrected chi connectivity index (χ4v) is 6.77. The van der Waals surface area contributed by atoms with Gasteiger partial charge in [-0.25, -0.2) is 0 Å². The van der Waals surface area contributed by atoms with Crippen LogP contribution < -0.4 is 0 Å². The van der Waals surface area contributed by atoms with Gasteiger partial charge in [-0.2, -0.15) is 0 Å². The Morgan fingerprint density at radius 2 is 2.12 bits per heavy atom. The van der Waals surface area contributed by atoms with E-state index in [4.69, 9.17) is 11.6 Å². The first kappa shape index (κ1) is 16.9. The van der Waals surface area contributed by atoms with Crippen LogP contribution in [0, 0.1) is 0 Å². The minimum Gasteiger partial charge on any atom is -0.480 e. The number of thiophene rings is 1. The molecule has 0 radical (unpaired) electrons. The number of thioether (sulfide) groups is 1. The first-order chi connectivity index (χ1) is 11.5. The van der Waals surface area contributed by atoms with E-state index >= 15 is 0 Å². The minimum atomic E-state index is -0.801. The van der Waals surface area contributed by atoms with E-state index in [2.05, 4.69) is 26.1 Å². The summed E-state index contributed by atoms with van der Waals surface area (Å²) in [5.74, 6) is -0.193. The summed E-state index contributed by atoms with van der Waals surface area (Å²) in [4.78, 5) is 13.0. The summed E-state index contributed by atoms with van der Waals surface area (Å²) >= 11 is 12.8. The summed E-state index contributed by atoms with van der Waals surface area (Å²) in [7, 11) is 0. The highest BCUT2D eigenvalue weighted by Gasteiger charge is 2.44. The van der Waals surface area contributed by atoms with Crippen molar-refractivity contribution in [3.63, 3.8) is 0 Å². The average Bonchev–Trinajstić information content (AvgIpc) is 2.97.